The second kappa shape index (κ2) is 4.62. The molecule has 2 N–H and O–H groups in total. The molecule has 1 heterocycles. The van der Waals surface area contributed by atoms with Gasteiger partial charge < -0.3 is 10.6 Å². The van der Waals surface area contributed by atoms with E-state index in [9.17, 15) is 4.79 Å². The summed E-state index contributed by atoms with van der Waals surface area (Å²) >= 11 is 1.72. The molecule has 1 rings (SSSR count). The molecule has 0 spiro atoms. The smallest absolute Gasteiger partial charge is 0.232 e. The molecule has 1 aliphatic rings. The lowest BCUT2D eigenvalue weighted by Crippen LogP contribution is -2.39. The first-order valence-electron chi connectivity index (χ1n) is 3.90. The number of nitrogens with zero attached hydrogens (tertiary/aromatic N) is 1. The first kappa shape index (κ1) is 8.87. The van der Waals surface area contributed by atoms with Gasteiger partial charge in [0, 0.05) is 18.8 Å². The van der Waals surface area contributed by atoms with Crippen molar-refractivity contribution in [2.24, 2.45) is 5.73 Å². The van der Waals surface area contributed by atoms with Gasteiger partial charge in [-0.1, -0.05) is 0 Å². The van der Waals surface area contributed by atoms with E-state index >= 15 is 0 Å². The molecule has 3 nitrogen and oxygen atoms in total. The van der Waals surface area contributed by atoms with Gasteiger partial charge in [0.15, 0.2) is 0 Å². The van der Waals surface area contributed by atoms with Crippen LogP contribution in [0.5, 0.6) is 0 Å². The van der Waals surface area contributed by atoms with E-state index in [0.717, 1.165) is 25.3 Å². The molecule has 64 valence electrons. The highest BCUT2D eigenvalue weighted by molar-refractivity contribution is 8.00. The molecule has 4 heteroatoms. The lowest BCUT2D eigenvalue weighted by Gasteiger charge is -2.25. The Kier molecular flexibility index (Phi) is 3.72. The van der Waals surface area contributed by atoms with Gasteiger partial charge >= 0.3 is 0 Å². The molecule has 11 heavy (non-hydrogen) atoms. The minimum Gasteiger partial charge on any atom is -0.341 e. The molecule has 0 atom stereocenters. The van der Waals surface area contributed by atoms with Gasteiger partial charge in [-0.3, -0.25) is 4.79 Å². The third-order valence-electron chi connectivity index (χ3n) is 1.72. The first-order chi connectivity index (χ1) is 5.34. The summed E-state index contributed by atoms with van der Waals surface area (Å²) in [4.78, 5) is 13.1. The van der Waals surface area contributed by atoms with E-state index in [2.05, 4.69) is 0 Å². The van der Waals surface area contributed by atoms with Crippen LogP contribution in [-0.4, -0.2) is 41.9 Å². The van der Waals surface area contributed by atoms with Crippen LogP contribution in [0.2, 0.25) is 0 Å². The lowest BCUT2D eigenvalue weighted by atomic mass is 10.3. The molecule has 0 aliphatic carbocycles. The van der Waals surface area contributed by atoms with Crippen LogP contribution in [0.25, 0.3) is 0 Å². The molecule has 1 saturated heterocycles. The Hall–Kier alpha value is -0.220. The van der Waals surface area contributed by atoms with E-state index in [0.29, 0.717) is 12.3 Å². The van der Waals surface area contributed by atoms with E-state index in [1.165, 1.54) is 0 Å². The zero-order chi connectivity index (χ0) is 8.10. The first-order valence-corrected chi connectivity index (χ1v) is 5.05. The molecule has 0 aromatic heterocycles. The normalized spacial score (nSPS) is 19.0. The average molecular weight is 174 g/mol. The molecule has 0 saturated carbocycles. The highest BCUT2D eigenvalue weighted by atomic mass is 32.2. The van der Waals surface area contributed by atoms with Crippen LogP contribution < -0.4 is 5.73 Å². The van der Waals surface area contributed by atoms with Gasteiger partial charge in [-0.05, 0) is 13.0 Å². The fraction of sp³-hybridized carbons (Fsp3) is 0.857. The fourth-order valence-electron chi connectivity index (χ4n) is 1.07. The molecule has 0 bridgehead atoms. The van der Waals surface area contributed by atoms with E-state index in [1.807, 2.05) is 4.90 Å². The Morgan fingerprint density at radius 3 is 3.09 bits per heavy atom. The van der Waals surface area contributed by atoms with Gasteiger partial charge in [0.25, 0.3) is 0 Å². The predicted octanol–water partition coefficient (Wildman–Crippen LogP) is -0.0894. The summed E-state index contributed by atoms with van der Waals surface area (Å²) in [6.45, 7) is 2.43. The maximum atomic E-state index is 11.2. The minimum atomic E-state index is 0.273. The van der Waals surface area contributed by atoms with Gasteiger partial charge in [-0.2, -0.15) is 11.8 Å². The van der Waals surface area contributed by atoms with Gasteiger partial charge in [-0.15, -0.1) is 0 Å². The van der Waals surface area contributed by atoms with Crippen LogP contribution in [-0.2, 0) is 4.79 Å². The molecular weight excluding hydrogens is 160 g/mol. The number of hydrogen-bond donors (Lipinski definition) is 1. The van der Waals surface area contributed by atoms with Crippen molar-refractivity contribution in [1.29, 1.82) is 0 Å². The van der Waals surface area contributed by atoms with Crippen LogP contribution in [0.4, 0.5) is 0 Å². The Balaban J connectivity index is 2.24. The molecule has 1 fully saturated rings. The van der Waals surface area contributed by atoms with Gasteiger partial charge in [0.05, 0.1) is 5.75 Å². The number of amides is 1. The number of hydrogen-bond acceptors (Lipinski definition) is 3. The van der Waals surface area contributed by atoms with Gasteiger partial charge in [0.1, 0.15) is 0 Å². The highest BCUT2D eigenvalue weighted by Crippen LogP contribution is 2.10. The third kappa shape index (κ3) is 2.71. The van der Waals surface area contributed by atoms with Crippen molar-refractivity contribution in [1.82, 2.24) is 4.90 Å². The molecule has 0 radical (unpaired) electrons. The number of nitrogens with two attached hydrogens (primary N) is 1. The van der Waals surface area contributed by atoms with Crippen molar-refractivity contribution in [2.45, 2.75) is 6.42 Å². The van der Waals surface area contributed by atoms with Crippen molar-refractivity contribution >= 4 is 17.7 Å². The average Bonchev–Trinajstić information content (AvgIpc) is 2.03. The van der Waals surface area contributed by atoms with E-state index in [-0.39, 0.29) is 5.91 Å². The largest absolute Gasteiger partial charge is 0.341 e. The molecular formula is C7H14N2OS. The monoisotopic (exact) mass is 174 g/mol. The predicted molar refractivity (Wildman–Crippen MR) is 47.6 cm³/mol. The number of carbonyl (C=O) groups is 1. The summed E-state index contributed by atoms with van der Waals surface area (Å²) in [7, 11) is 0. The van der Waals surface area contributed by atoms with Crippen LogP contribution >= 0.6 is 11.8 Å². The maximum absolute atomic E-state index is 11.2. The quantitative estimate of drug-likeness (QED) is 0.650. The SMILES string of the molecule is NCCCN1CCSCC1=O. The molecule has 1 amide bonds. The highest BCUT2D eigenvalue weighted by Gasteiger charge is 2.16. The Morgan fingerprint density at radius 1 is 1.64 bits per heavy atom. The van der Waals surface area contributed by atoms with E-state index in [1.54, 1.807) is 11.8 Å². The summed E-state index contributed by atoms with van der Waals surface area (Å²) in [5.74, 6) is 2.01. The Labute approximate surface area is 71.3 Å². The van der Waals surface area contributed by atoms with Crippen LogP contribution in [0, 0.1) is 0 Å². The van der Waals surface area contributed by atoms with Crippen molar-refractivity contribution in [2.75, 3.05) is 31.1 Å². The number of carbonyl (C=O) groups excluding carboxylic acids is 1. The zero-order valence-corrected chi connectivity index (χ0v) is 7.40. The molecule has 0 unspecified atom stereocenters. The Morgan fingerprint density at radius 2 is 2.45 bits per heavy atom. The summed E-state index contributed by atoms with van der Waals surface area (Å²) in [6, 6.07) is 0. The van der Waals surface area contributed by atoms with Crippen molar-refractivity contribution in [3.05, 3.63) is 0 Å². The maximum Gasteiger partial charge on any atom is 0.232 e. The standard InChI is InChI=1S/C7H14N2OS/c8-2-1-3-9-4-5-11-6-7(9)10/h1-6,8H2. The lowest BCUT2D eigenvalue weighted by molar-refractivity contribution is -0.128. The molecule has 0 aromatic rings. The summed E-state index contributed by atoms with van der Waals surface area (Å²) in [6.07, 6.45) is 0.927. The van der Waals surface area contributed by atoms with Gasteiger partial charge in [-0.25, -0.2) is 0 Å². The minimum absolute atomic E-state index is 0.273. The van der Waals surface area contributed by atoms with E-state index in [4.69, 9.17) is 5.73 Å². The van der Waals surface area contributed by atoms with Crippen molar-refractivity contribution < 1.29 is 4.79 Å². The van der Waals surface area contributed by atoms with Crippen LogP contribution in [0.1, 0.15) is 6.42 Å². The summed E-state index contributed by atoms with van der Waals surface area (Å²) in [5.41, 5.74) is 5.35. The third-order valence-corrected chi connectivity index (χ3v) is 2.64. The van der Waals surface area contributed by atoms with E-state index < -0.39 is 0 Å². The van der Waals surface area contributed by atoms with Crippen LogP contribution in [0.3, 0.4) is 0 Å². The van der Waals surface area contributed by atoms with Crippen LogP contribution in [0.15, 0.2) is 0 Å². The zero-order valence-electron chi connectivity index (χ0n) is 6.58. The van der Waals surface area contributed by atoms with Crippen molar-refractivity contribution in [3.8, 4) is 0 Å². The van der Waals surface area contributed by atoms with Crippen molar-refractivity contribution in [3.63, 3.8) is 0 Å². The second-order valence-corrected chi connectivity index (χ2v) is 3.68. The molecule has 0 aromatic carbocycles. The van der Waals surface area contributed by atoms with Gasteiger partial charge in [0.2, 0.25) is 5.91 Å². The Bertz CT molecular complexity index is 140. The number of thioether (sulfide) groups is 1. The topological polar surface area (TPSA) is 46.3 Å². The summed E-state index contributed by atoms with van der Waals surface area (Å²) < 4.78 is 0. The molecule has 1 aliphatic heterocycles. The summed E-state index contributed by atoms with van der Waals surface area (Å²) in [5, 5.41) is 0. The number of rotatable bonds is 3. The second-order valence-electron chi connectivity index (χ2n) is 2.58. The fourth-order valence-corrected chi connectivity index (χ4v) is 1.92.